The molecule has 1 aromatic heterocycles. The highest BCUT2D eigenvalue weighted by atomic mass is 16.2. The predicted molar refractivity (Wildman–Crippen MR) is 75.2 cm³/mol. The second-order valence-electron chi connectivity index (χ2n) is 5.54. The van der Waals surface area contributed by atoms with Crippen molar-refractivity contribution in [1.29, 1.82) is 0 Å². The first-order valence-electron chi connectivity index (χ1n) is 6.82. The van der Waals surface area contributed by atoms with Crippen LogP contribution in [-0.2, 0) is 5.41 Å². The van der Waals surface area contributed by atoms with E-state index in [-0.39, 0.29) is 17.1 Å². The van der Waals surface area contributed by atoms with Gasteiger partial charge < -0.3 is 10.2 Å². The van der Waals surface area contributed by atoms with Gasteiger partial charge in [0.25, 0.3) is 5.91 Å². The number of H-pyrrole nitrogens is 1. The molecular formula is C13H25N5O. The molecular weight excluding hydrogens is 242 g/mol. The average molecular weight is 267 g/mol. The molecule has 0 fully saturated rings. The minimum atomic E-state index is -0.223. The number of amides is 1. The van der Waals surface area contributed by atoms with E-state index in [1.165, 1.54) is 0 Å². The molecule has 2 N–H and O–H groups in total. The van der Waals surface area contributed by atoms with Crippen molar-refractivity contribution in [3.05, 3.63) is 11.6 Å². The van der Waals surface area contributed by atoms with E-state index in [0.29, 0.717) is 6.54 Å². The molecule has 0 aliphatic rings. The highest BCUT2D eigenvalue weighted by Crippen LogP contribution is 2.17. The summed E-state index contributed by atoms with van der Waals surface area (Å²) in [5, 5.41) is 9.61. The number of carbonyl (C=O) groups excluding carboxylic acids is 1. The Kier molecular flexibility index (Phi) is 5.47. The van der Waals surface area contributed by atoms with Gasteiger partial charge in [0.2, 0.25) is 5.82 Å². The Bertz CT molecular complexity index is 403. The molecule has 6 nitrogen and oxygen atoms in total. The molecule has 0 radical (unpaired) electrons. The van der Waals surface area contributed by atoms with Crippen LogP contribution in [0.5, 0.6) is 0 Å². The van der Waals surface area contributed by atoms with Crippen LogP contribution < -0.4 is 5.32 Å². The quantitative estimate of drug-likeness (QED) is 0.811. The second-order valence-corrected chi connectivity index (χ2v) is 5.54. The Morgan fingerprint density at radius 1 is 1.32 bits per heavy atom. The topological polar surface area (TPSA) is 73.9 Å². The molecule has 0 aliphatic carbocycles. The molecule has 0 saturated carbocycles. The van der Waals surface area contributed by atoms with Gasteiger partial charge in [-0.05, 0) is 13.1 Å². The summed E-state index contributed by atoms with van der Waals surface area (Å²) in [4.78, 5) is 18.3. The Morgan fingerprint density at radius 3 is 2.42 bits per heavy atom. The average Bonchev–Trinajstić information content (AvgIpc) is 2.83. The van der Waals surface area contributed by atoms with Crippen molar-refractivity contribution >= 4 is 5.91 Å². The number of nitrogens with zero attached hydrogens (tertiary/aromatic N) is 3. The molecule has 6 heteroatoms. The highest BCUT2D eigenvalue weighted by Gasteiger charge is 2.21. The van der Waals surface area contributed by atoms with Crippen molar-refractivity contribution in [2.75, 3.05) is 26.2 Å². The fourth-order valence-electron chi connectivity index (χ4n) is 1.65. The van der Waals surface area contributed by atoms with Crippen LogP contribution in [0, 0.1) is 0 Å². The van der Waals surface area contributed by atoms with Crippen molar-refractivity contribution in [3.8, 4) is 0 Å². The van der Waals surface area contributed by atoms with Crippen LogP contribution in [0.3, 0.4) is 0 Å². The van der Waals surface area contributed by atoms with Gasteiger partial charge in [-0.2, -0.15) is 0 Å². The van der Waals surface area contributed by atoms with Gasteiger partial charge in [-0.15, -0.1) is 5.10 Å². The van der Waals surface area contributed by atoms with Gasteiger partial charge in [0.15, 0.2) is 0 Å². The van der Waals surface area contributed by atoms with Gasteiger partial charge in [-0.25, -0.2) is 4.98 Å². The van der Waals surface area contributed by atoms with E-state index < -0.39 is 0 Å². The molecule has 0 atom stereocenters. The number of likely N-dealkylation sites (N-methyl/N-ethyl adjacent to an activating group) is 1. The minimum Gasteiger partial charge on any atom is -0.348 e. The maximum absolute atomic E-state index is 11.9. The van der Waals surface area contributed by atoms with Crippen molar-refractivity contribution in [2.24, 2.45) is 0 Å². The molecule has 108 valence electrons. The first kappa shape index (κ1) is 15.6. The summed E-state index contributed by atoms with van der Waals surface area (Å²) in [6.45, 7) is 13.7. The molecule has 0 unspecified atom stereocenters. The van der Waals surface area contributed by atoms with E-state index >= 15 is 0 Å². The number of hydrogen-bond acceptors (Lipinski definition) is 4. The number of aromatic nitrogens is 3. The monoisotopic (exact) mass is 267 g/mol. The third-order valence-electron chi connectivity index (χ3n) is 3.01. The summed E-state index contributed by atoms with van der Waals surface area (Å²) in [6, 6.07) is 0. The zero-order chi connectivity index (χ0) is 14.5. The minimum absolute atomic E-state index is 0.132. The number of hydrogen-bond donors (Lipinski definition) is 2. The van der Waals surface area contributed by atoms with Crippen LogP contribution in [0.4, 0.5) is 0 Å². The zero-order valence-electron chi connectivity index (χ0n) is 12.6. The largest absolute Gasteiger partial charge is 0.348 e. The normalized spacial score (nSPS) is 11.9. The van der Waals surface area contributed by atoms with Gasteiger partial charge in [0.05, 0.1) is 0 Å². The van der Waals surface area contributed by atoms with Gasteiger partial charge in [0.1, 0.15) is 5.82 Å². The Labute approximate surface area is 115 Å². The molecule has 0 saturated heterocycles. The molecule has 1 amide bonds. The first-order chi connectivity index (χ1) is 8.88. The number of aromatic amines is 1. The molecule has 1 heterocycles. The SMILES string of the molecule is CCN(CC)CCNC(=O)c1n[nH]c(C(C)(C)C)n1. The summed E-state index contributed by atoms with van der Waals surface area (Å²) in [5.74, 6) is 0.713. The van der Waals surface area contributed by atoms with Crippen LogP contribution in [0.1, 0.15) is 51.1 Å². The fraction of sp³-hybridized carbons (Fsp3) is 0.769. The molecule has 19 heavy (non-hydrogen) atoms. The molecule has 1 aromatic rings. The van der Waals surface area contributed by atoms with Gasteiger partial charge >= 0.3 is 0 Å². The van der Waals surface area contributed by atoms with E-state index in [0.717, 1.165) is 25.5 Å². The van der Waals surface area contributed by atoms with Crippen molar-refractivity contribution in [2.45, 2.75) is 40.0 Å². The maximum Gasteiger partial charge on any atom is 0.291 e. The lowest BCUT2D eigenvalue weighted by molar-refractivity contribution is 0.0939. The number of rotatable bonds is 6. The van der Waals surface area contributed by atoms with Crippen LogP contribution in [0.25, 0.3) is 0 Å². The van der Waals surface area contributed by atoms with Crippen LogP contribution in [0.15, 0.2) is 0 Å². The summed E-state index contributed by atoms with van der Waals surface area (Å²) in [7, 11) is 0. The van der Waals surface area contributed by atoms with E-state index in [1.54, 1.807) is 0 Å². The lowest BCUT2D eigenvalue weighted by atomic mass is 9.96. The van der Waals surface area contributed by atoms with Crippen LogP contribution in [0.2, 0.25) is 0 Å². The van der Waals surface area contributed by atoms with Gasteiger partial charge in [-0.3, -0.25) is 9.89 Å². The van der Waals surface area contributed by atoms with Gasteiger partial charge in [0, 0.05) is 18.5 Å². The third kappa shape index (κ3) is 4.63. The van der Waals surface area contributed by atoms with E-state index in [9.17, 15) is 4.79 Å². The third-order valence-corrected chi connectivity index (χ3v) is 3.01. The lowest BCUT2D eigenvalue weighted by Crippen LogP contribution is -2.35. The molecule has 0 aliphatic heterocycles. The van der Waals surface area contributed by atoms with Crippen LogP contribution in [-0.4, -0.2) is 52.2 Å². The van der Waals surface area contributed by atoms with Crippen LogP contribution >= 0.6 is 0 Å². The van der Waals surface area contributed by atoms with Crippen molar-refractivity contribution < 1.29 is 4.79 Å². The Morgan fingerprint density at radius 2 is 1.95 bits per heavy atom. The van der Waals surface area contributed by atoms with Crippen molar-refractivity contribution in [1.82, 2.24) is 25.4 Å². The standard InChI is InChI=1S/C13H25N5O/c1-6-18(7-2)9-8-14-11(19)10-15-12(17-16-10)13(3,4)5/h6-9H2,1-5H3,(H,14,19)(H,15,16,17). The Hall–Kier alpha value is -1.43. The summed E-state index contributed by atoms with van der Waals surface area (Å²) >= 11 is 0. The molecule has 0 bridgehead atoms. The molecule has 0 aromatic carbocycles. The summed E-state index contributed by atoms with van der Waals surface area (Å²) < 4.78 is 0. The maximum atomic E-state index is 11.9. The van der Waals surface area contributed by atoms with E-state index in [1.807, 2.05) is 20.8 Å². The Balaban J connectivity index is 2.48. The zero-order valence-corrected chi connectivity index (χ0v) is 12.6. The second kappa shape index (κ2) is 6.65. The smallest absolute Gasteiger partial charge is 0.291 e. The van der Waals surface area contributed by atoms with Gasteiger partial charge in [-0.1, -0.05) is 34.6 Å². The fourth-order valence-corrected chi connectivity index (χ4v) is 1.65. The molecule has 1 rings (SSSR count). The highest BCUT2D eigenvalue weighted by molar-refractivity contribution is 5.90. The van der Waals surface area contributed by atoms with E-state index in [2.05, 4.69) is 39.2 Å². The first-order valence-corrected chi connectivity index (χ1v) is 6.82. The number of carbonyl (C=O) groups is 1. The number of nitrogens with one attached hydrogen (secondary N) is 2. The predicted octanol–water partition coefficient (Wildman–Crippen LogP) is 1.17. The summed E-state index contributed by atoms with van der Waals surface area (Å²) in [6.07, 6.45) is 0. The summed E-state index contributed by atoms with van der Waals surface area (Å²) in [5.41, 5.74) is -0.132. The molecule has 0 spiro atoms. The lowest BCUT2D eigenvalue weighted by Gasteiger charge is -2.17. The van der Waals surface area contributed by atoms with E-state index in [4.69, 9.17) is 0 Å². The van der Waals surface area contributed by atoms with Crippen molar-refractivity contribution in [3.63, 3.8) is 0 Å².